The number of aromatic nitrogens is 3. The average Bonchev–Trinajstić information content (AvgIpc) is 3.24. The normalized spacial score (nSPS) is 15.8. The number of rotatable bonds is 9. The Morgan fingerprint density at radius 1 is 1.29 bits per heavy atom. The highest BCUT2D eigenvalue weighted by Crippen LogP contribution is 2.48. The van der Waals surface area contributed by atoms with E-state index < -0.39 is 0 Å². The molecule has 0 aromatic carbocycles. The summed E-state index contributed by atoms with van der Waals surface area (Å²) in [5.74, 6) is 2.62. The Morgan fingerprint density at radius 2 is 2.04 bits per heavy atom. The van der Waals surface area contributed by atoms with Crippen molar-refractivity contribution < 1.29 is 4.74 Å². The fraction of sp³-hybridized carbons (Fsp3) is 0.812. The van der Waals surface area contributed by atoms with E-state index in [2.05, 4.69) is 32.7 Å². The molecular formula is C16H31IN6O. The first-order chi connectivity index (χ1) is 11.1. The van der Waals surface area contributed by atoms with Crippen LogP contribution in [0.15, 0.2) is 4.99 Å². The van der Waals surface area contributed by atoms with Crippen LogP contribution in [0.4, 0.5) is 0 Å². The number of guanidine groups is 1. The maximum atomic E-state index is 5.49. The molecule has 0 unspecified atom stereocenters. The highest BCUT2D eigenvalue weighted by Gasteiger charge is 2.41. The Kier molecular flexibility index (Phi) is 8.96. The Bertz CT molecular complexity index is 527. The van der Waals surface area contributed by atoms with E-state index in [0.29, 0.717) is 12.0 Å². The van der Waals surface area contributed by atoms with Crippen molar-refractivity contribution in [2.75, 3.05) is 26.3 Å². The topological polar surface area (TPSA) is 76.4 Å². The van der Waals surface area contributed by atoms with Crippen molar-refractivity contribution >= 4 is 29.9 Å². The molecule has 0 bridgehead atoms. The molecule has 2 N–H and O–H groups in total. The molecule has 0 aliphatic heterocycles. The van der Waals surface area contributed by atoms with Gasteiger partial charge in [0, 0.05) is 33.4 Å². The molecule has 1 saturated carbocycles. The van der Waals surface area contributed by atoms with Crippen molar-refractivity contribution in [3.05, 3.63) is 11.6 Å². The molecule has 1 aliphatic rings. The van der Waals surface area contributed by atoms with Gasteiger partial charge in [0.2, 0.25) is 0 Å². The minimum absolute atomic E-state index is 0. The predicted molar refractivity (Wildman–Crippen MR) is 107 cm³/mol. The molecule has 138 valence electrons. The van der Waals surface area contributed by atoms with Crippen LogP contribution < -0.4 is 10.6 Å². The number of nitrogens with one attached hydrogen (secondary N) is 2. The van der Waals surface area contributed by atoms with Crippen LogP contribution in [0.2, 0.25) is 0 Å². The van der Waals surface area contributed by atoms with E-state index in [9.17, 15) is 0 Å². The van der Waals surface area contributed by atoms with E-state index in [1.165, 1.54) is 12.8 Å². The Hall–Kier alpha value is -0.900. The van der Waals surface area contributed by atoms with Crippen molar-refractivity contribution in [1.29, 1.82) is 0 Å². The monoisotopic (exact) mass is 450 g/mol. The quantitative estimate of drug-likeness (QED) is 0.261. The van der Waals surface area contributed by atoms with Crippen LogP contribution in [0.1, 0.15) is 44.8 Å². The molecule has 1 aromatic rings. The van der Waals surface area contributed by atoms with Crippen molar-refractivity contribution in [3.63, 3.8) is 0 Å². The third-order valence-corrected chi connectivity index (χ3v) is 4.47. The van der Waals surface area contributed by atoms with Crippen LogP contribution in [0.25, 0.3) is 0 Å². The third kappa shape index (κ3) is 6.19. The summed E-state index contributed by atoms with van der Waals surface area (Å²) in [5.41, 5.74) is 0.396. The standard InChI is InChI=1S/C16H30N6O.HI/c1-5-17-15(18-11-14-21-20-13(3)22(14)4)19-12-16(7-8-16)9-10-23-6-2;/h5-12H2,1-4H3,(H2,17,18,19);1H. The molecule has 0 saturated heterocycles. The van der Waals surface area contributed by atoms with Gasteiger partial charge in [-0.15, -0.1) is 34.2 Å². The van der Waals surface area contributed by atoms with E-state index in [1.807, 2.05) is 25.5 Å². The van der Waals surface area contributed by atoms with Crippen molar-refractivity contribution in [3.8, 4) is 0 Å². The summed E-state index contributed by atoms with van der Waals surface area (Å²) in [4.78, 5) is 4.63. The van der Waals surface area contributed by atoms with Crippen LogP contribution in [0, 0.1) is 12.3 Å². The zero-order valence-corrected chi connectivity index (χ0v) is 17.6. The Balaban J connectivity index is 0.00000288. The van der Waals surface area contributed by atoms with Crippen LogP contribution in [0.3, 0.4) is 0 Å². The van der Waals surface area contributed by atoms with Gasteiger partial charge in [0.25, 0.3) is 0 Å². The van der Waals surface area contributed by atoms with Crippen molar-refractivity contribution in [1.82, 2.24) is 25.4 Å². The van der Waals surface area contributed by atoms with Crippen molar-refractivity contribution in [2.24, 2.45) is 17.5 Å². The van der Waals surface area contributed by atoms with Gasteiger partial charge in [-0.1, -0.05) is 0 Å². The highest BCUT2D eigenvalue weighted by molar-refractivity contribution is 14.0. The van der Waals surface area contributed by atoms with E-state index in [0.717, 1.165) is 50.3 Å². The zero-order valence-electron chi connectivity index (χ0n) is 15.3. The van der Waals surface area contributed by atoms with Gasteiger partial charge >= 0.3 is 0 Å². The average molecular weight is 450 g/mol. The Labute approximate surface area is 162 Å². The lowest BCUT2D eigenvalue weighted by Crippen LogP contribution is -2.40. The summed E-state index contributed by atoms with van der Waals surface area (Å²) in [5, 5.41) is 15.0. The van der Waals surface area contributed by atoms with Gasteiger partial charge < -0.3 is 19.9 Å². The Morgan fingerprint density at radius 3 is 2.58 bits per heavy atom. The van der Waals surface area contributed by atoms with Gasteiger partial charge in [-0.3, -0.25) is 0 Å². The van der Waals surface area contributed by atoms with E-state index in [1.54, 1.807) is 0 Å². The second-order valence-corrected chi connectivity index (χ2v) is 6.22. The van der Waals surface area contributed by atoms with Crippen molar-refractivity contribution in [2.45, 2.75) is 46.6 Å². The first kappa shape index (κ1) is 21.1. The van der Waals surface area contributed by atoms with Gasteiger partial charge in [-0.25, -0.2) is 4.99 Å². The van der Waals surface area contributed by atoms with Crippen LogP contribution in [-0.4, -0.2) is 47.0 Å². The molecule has 7 nitrogen and oxygen atoms in total. The number of aryl methyl sites for hydroxylation is 1. The lowest BCUT2D eigenvalue weighted by molar-refractivity contribution is 0.128. The lowest BCUT2D eigenvalue weighted by Gasteiger charge is -2.18. The number of aliphatic imine (C=N–C) groups is 1. The van der Waals surface area contributed by atoms with Crippen LogP contribution >= 0.6 is 24.0 Å². The summed E-state index contributed by atoms with van der Waals surface area (Å²) >= 11 is 0. The number of nitrogens with zero attached hydrogens (tertiary/aromatic N) is 4. The predicted octanol–water partition coefficient (Wildman–Crippen LogP) is 2.00. The largest absolute Gasteiger partial charge is 0.382 e. The van der Waals surface area contributed by atoms with E-state index in [-0.39, 0.29) is 24.0 Å². The molecule has 1 heterocycles. The lowest BCUT2D eigenvalue weighted by atomic mass is 10.0. The molecule has 24 heavy (non-hydrogen) atoms. The molecule has 0 amide bonds. The number of hydrogen-bond donors (Lipinski definition) is 2. The summed E-state index contributed by atoms with van der Waals surface area (Å²) in [6.45, 7) is 10.0. The van der Waals surface area contributed by atoms with Gasteiger partial charge in [0.1, 0.15) is 12.4 Å². The molecular weight excluding hydrogens is 419 g/mol. The smallest absolute Gasteiger partial charge is 0.191 e. The first-order valence-electron chi connectivity index (χ1n) is 8.55. The summed E-state index contributed by atoms with van der Waals surface area (Å²) in [6, 6.07) is 0. The summed E-state index contributed by atoms with van der Waals surface area (Å²) in [7, 11) is 1.97. The van der Waals surface area contributed by atoms with Gasteiger partial charge in [0.15, 0.2) is 11.8 Å². The van der Waals surface area contributed by atoms with Gasteiger partial charge in [0.05, 0.1) is 0 Å². The van der Waals surface area contributed by atoms with Crippen LogP contribution in [-0.2, 0) is 18.3 Å². The fourth-order valence-electron chi connectivity index (χ4n) is 2.48. The molecule has 0 radical (unpaired) electrons. The molecule has 1 aromatic heterocycles. The maximum Gasteiger partial charge on any atom is 0.191 e. The highest BCUT2D eigenvalue weighted by atomic mass is 127. The molecule has 0 spiro atoms. The third-order valence-electron chi connectivity index (χ3n) is 4.47. The van der Waals surface area contributed by atoms with Gasteiger partial charge in [-0.05, 0) is 45.4 Å². The minimum atomic E-state index is 0. The molecule has 2 rings (SSSR count). The number of halogens is 1. The molecule has 1 fully saturated rings. The first-order valence-corrected chi connectivity index (χ1v) is 8.55. The zero-order chi connectivity index (χ0) is 16.7. The maximum absolute atomic E-state index is 5.49. The second-order valence-electron chi connectivity index (χ2n) is 6.22. The fourth-order valence-corrected chi connectivity index (χ4v) is 2.48. The molecule has 1 aliphatic carbocycles. The minimum Gasteiger partial charge on any atom is -0.382 e. The van der Waals surface area contributed by atoms with Crippen LogP contribution in [0.5, 0.6) is 0 Å². The number of hydrogen-bond acceptors (Lipinski definition) is 4. The molecule has 0 atom stereocenters. The second kappa shape index (κ2) is 10.2. The van der Waals surface area contributed by atoms with E-state index in [4.69, 9.17) is 4.74 Å². The summed E-state index contributed by atoms with van der Waals surface area (Å²) in [6.07, 6.45) is 3.67. The molecule has 8 heteroatoms. The SMILES string of the molecule is CCNC(=NCc1nnc(C)n1C)NCC1(CCOCC)CC1.I. The van der Waals surface area contributed by atoms with E-state index >= 15 is 0 Å². The summed E-state index contributed by atoms with van der Waals surface area (Å²) < 4.78 is 7.46. The number of ether oxygens (including phenoxy) is 1. The van der Waals surface area contributed by atoms with Gasteiger partial charge in [-0.2, -0.15) is 0 Å².